The maximum Gasteiger partial charge on any atom is 0.126 e. The Morgan fingerprint density at radius 3 is 2.41 bits per heavy atom. The first-order valence-corrected chi connectivity index (χ1v) is 5.56. The van der Waals surface area contributed by atoms with Gasteiger partial charge in [-0.15, -0.1) is 0 Å². The minimum Gasteiger partial charge on any atom is -0.383 e. The van der Waals surface area contributed by atoms with Gasteiger partial charge in [0.1, 0.15) is 5.84 Å². The predicted octanol–water partition coefficient (Wildman–Crippen LogP) is 2.55. The minimum absolute atomic E-state index is 0.0400. The lowest BCUT2D eigenvalue weighted by Gasteiger charge is -2.08. The van der Waals surface area contributed by atoms with Crippen LogP contribution < -0.4 is 5.73 Å². The zero-order valence-corrected chi connectivity index (χ0v) is 9.75. The maximum atomic E-state index is 5.97. The fraction of sp³-hybridized carbons (Fsp3) is 0.143. The molecule has 17 heavy (non-hydrogen) atoms. The molecule has 0 fully saturated rings. The summed E-state index contributed by atoms with van der Waals surface area (Å²) in [5, 5.41) is 0. The molecule has 1 heterocycles. The summed E-state index contributed by atoms with van der Waals surface area (Å²) in [4.78, 5) is 8.47. The highest BCUT2D eigenvalue weighted by Crippen LogP contribution is 2.15. The van der Waals surface area contributed by atoms with Gasteiger partial charge in [0.25, 0.3) is 0 Å². The smallest absolute Gasteiger partial charge is 0.126 e. The lowest BCUT2D eigenvalue weighted by molar-refractivity contribution is 0.816. The van der Waals surface area contributed by atoms with Crippen molar-refractivity contribution in [1.29, 1.82) is 0 Å². The van der Waals surface area contributed by atoms with E-state index in [1.807, 2.05) is 49.4 Å². The van der Waals surface area contributed by atoms with Crippen LogP contribution in [0.4, 0.5) is 0 Å². The van der Waals surface area contributed by atoms with E-state index in [-0.39, 0.29) is 6.04 Å². The van der Waals surface area contributed by atoms with Crippen molar-refractivity contribution < 1.29 is 0 Å². The molecule has 1 aromatic heterocycles. The molecule has 2 aromatic rings. The summed E-state index contributed by atoms with van der Waals surface area (Å²) in [6.45, 7) is 2.02. The van der Waals surface area contributed by atoms with Gasteiger partial charge in [-0.05, 0) is 24.6 Å². The first kappa shape index (κ1) is 11.3. The van der Waals surface area contributed by atoms with Crippen molar-refractivity contribution in [3.8, 4) is 0 Å². The van der Waals surface area contributed by atoms with Crippen LogP contribution in [0.15, 0.2) is 59.9 Å². The van der Waals surface area contributed by atoms with Gasteiger partial charge >= 0.3 is 0 Å². The number of rotatable bonds is 3. The van der Waals surface area contributed by atoms with E-state index in [0.29, 0.717) is 5.84 Å². The Hall–Kier alpha value is -2.16. The lowest BCUT2D eigenvalue weighted by atomic mass is 10.1. The Morgan fingerprint density at radius 1 is 1.12 bits per heavy atom. The van der Waals surface area contributed by atoms with E-state index in [1.165, 1.54) is 0 Å². The Bertz CT molecular complexity index is 491. The molecule has 3 nitrogen and oxygen atoms in total. The summed E-state index contributed by atoms with van der Waals surface area (Å²) >= 11 is 0. The first-order valence-electron chi connectivity index (χ1n) is 5.56. The summed E-state index contributed by atoms with van der Waals surface area (Å²) in [6.07, 6.45) is 3.53. The molecule has 0 aliphatic rings. The normalized spacial score (nSPS) is 13.4. The van der Waals surface area contributed by atoms with Crippen molar-refractivity contribution in [2.45, 2.75) is 13.0 Å². The summed E-state index contributed by atoms with van der Waals surface area (Å²) in [6, 6.07) is 13.7. The Kier molecular flexibility index (Phi) is 3.50. The van der Waals surface area contributed by atoms with E-state index in [1.54, 1.807) is 12.4 Å². The van der Waals surface area contributed by atoms with Gasteiger partial charge in [0.15, 0.2) is 0 Å². The standard InChI is InChI=1S/C14H15N3/c1-11(12-7-9-16-10-8-12)17-14(15)13-5-3-2-4-6-13/h2-11H,1H3,(H2,15,17). The van der Waals surface area contributed by atoms with Crippen LogP contribution >= 0.6 is 0 Å². The van der Waals surface area contributed by atoms with Gasteiger partial charge in [0, 0.05) is 18.0 Å². The molecule has 0 amide bonds. The van der Waals surface area contributed by atoms with E-state index in [0.717, 1.165) is 11.1 Å². The topological polar surface area (TPSA) is 51.3 Å². The molecule has 0 radical (unpaired) electrons. The molecular formula is C14H15N3. The van der Waals surface area contributed by atoms with Crippen molar-refractivity contribution in [3.63, 3.8) is 0 Å². The second-order valence-corrected chi connectivity index (χ2v) is 3.84. The number of hydrogen-bond acceptors (Lipinski definition) is 2. The number of aromatic nitrogens is 1. The molecule has 86 valence electrons. The average molecular weight is 225 g/mol. The van der Waals surface area contributed by atoms with Crippen LogP contribution in [-0.2, 0) is 0 Å². The number of aliphatic imine (C=N–C) groups is 1. The third-order valence-corrected chi connectivity index (χ3v) is 2.59. The predicted molar refractivity (Wildman–Crippen MR) is 69.8 cm³/mol. The van der Waals surface area contributed by atoms with Crippen LogP contribution in [0, 0.1) is 0 Å². The molecule has 1 unspecified atom stereocenters. The largest absolute Gasteiger partial charge is 0.383 e. The van der Waals surface area contributed by atoms with Crippen LogP contribution in [0.5, 0.6) is 0 Å². The van der Waals surface area contributed by atoms with Crippen LogP contribution in [0.3, 0.4) is 0 Å². The molecule has 0 saturated carbocycles. The maximum absolute atomic E-state index is 5.97. The van der Waals surface area contributed by atoms with Crippen LogP contribution in [-0.4, -0.2) is 10.8 Å². The molecule has 0 aliphatic heterocycles. The number of nitrogens with zero attached hydrogens (tertiary/aromatic N) is 2. The first-order chi connectivity index (χ1) is 8.27. The number of pyridine rings is 1. The fourth-order valence-electron chi connectivity index (χ4n) is 1.61. The highest BCUT2D eigenvalue weighted by molar-refractivity contribution is 5.97. The minimum atomic E-state index is 0.0400. The van der Waals surface area contributed by atoms with Gasteiger partial charge in [-0.1, -0.05) is 30.3 Å². The molecule has 0 saturated heterocycles. The van der Waals surface area contributed by atoms with Crippen LogP contribution in [0.2, 0.25) is 0 Å². The zero-order valence-electron chi connectivity index (χ0n) is 9.75. The molecule has 1 atom stereocenters. The molecule has 0 bridgehead atoms. The summed E-state index contributed by atoms with van der Waals surface area (Å²) in [5.74, 6) is 0.565. The van der Waals surface area contributed by atoms with Crippen LogP contribution in [0.1, 0.15) is 24.1 Å². The van der Waals surface area contributed by atoms with Gasteiger partial charge in [-0.2, -0.15) is 0 Å². The Morgan fingerprint density at radius 2 is 1.76 bits per heavy atom. The molecule has 2 N–H and O–H groups in total. The van der Waals surface area contributed by atoms with Gasteiger partial charge in [0.05, 0.1) is 6.04 Å². The molecular weight excluding hydrogens is 210 g/mol. The SMILES string of the molecule is CC(N=C(N)c1ccccc1)c1ccncc1. The fourth-order valence-corrected chi connectivity index (χ4v) is 1.61. The van der Waals surface area contributed by atoms with Gasteiger partial charge in [-0.3, -0.25) is 9.98 Å². The van der Waals surface area contributed by atoms with E-state index in [9.17, 15) is 0 Å². The summed E-state index contributed by atoms with van der Waals surface area (Å²) < 4.78 is 0. The molecule has 3 heteroatoms. The van der Waals surface area contributed by atoms with E-state index >= 15 is 0 Å². The molecule has 1 aromatic carbocycles. The second kappa shape index (κ2) is 5.25. The Balaban J connectivity index is 2.20. The molecule has 0 aliphatic carbocycles. The summed E-state index contributed by atoms with van der Waals surface area (Å²) in [5.41, 5.74) is 8.03. The quantitative estimate of drug-likeness (QED) is 0.644. The number of hydrogen-bond donors (Lipinski definition) is 1. The van der Waals surface area contributed by atoms with Crippen molar-refractivity contribution in [1.82, 2.24) is 4.98 Å². The number of amidine groups is 1. The highest BCUT2D eigenvalue weighted by Gasteiger charge is 2.04. The lowest BCUT2D eigenvalue weighted by Crippen LogP contribution is -2.14. The Labute approximate surface area is 101 Å². The molecule has 0 spiro atoms. The second-order valence-electron chi connectivity index (χ2n) is 3.84. The van der Waals surface area contributed by atoms with Gasteiger partial charge in [0.2, 0.25) is 0 Å². The number of benzene rings is 1. The van der Waals surface area contributed by atoms with Crippen LogP contribution in [0.25, 0.3) is 0 Å². The third-order valence-electron chi connectivity index (χ3n) is 2.59. The van der Waals surface area contributed by atoms with E-state index in [4.69, 9.17) is 5.73 Å². The van der Waals surface area contributed by atoms with E-state index in [2.05, 4.69) is 9.98 Å². The van der Waals surface area contributed by atoms with Crippen molar-refractivity contribution in [2.24, 2.45) is 10.7 Å². The average Bonchev–Trinajstić information content (AvgIpc) is 2.40. The van der Waals surface area contributed by atoms with E-state index < -0.39 is 0 Å². The third kappa shape index (κ3) is 2.91. The zero-order chi connectivity index (χ0) is 12.1. The molecule has 2 rings (SSSR count). The number of nitrogens with two attached hydrogens (primary N) is 1. The van der Waals surface area contributed by atoms with Gasteiger partial charge in [-0.25, -0.2) is 0 Å². The van der Waals surface area contributed by atoms with Gasteiger partial charge < -0.3 is 5.73 Å². The summed E-state index contributed by atoms with van der Waals surface area (Å²) in [7, 11) is 0. The monoisotopic (exact) mass is 225 g/mol. The van der Waals surface area contributed by atoms with Crippen molar-refractivity contribution >= 4 is 5.84 Å². The van der Waals surface area contributed by atoms with Crippen molar-refractivity contribution in [2.75, 3.05) is 0 Å². The highest BCUT2D eigenvalue weighted by atomic mass is 14.9. The van der Waals surface area contributed by atoms with Crippen molar-refractivity contribution in [3.05, 3.63) is 66.0 Å².